The van der Waals surface area contributed by atoms with E-state index in [0.717, 1.165) is 30.2 Å². The number of pyridine rings is 1. The smallest absolute Gasteiger partial charge is 0.239 e. The highest BCUT2D eigenvalue weighted by atomic mass is 16.1. The van der Waals surface area contributed by atoms with Gasteiger partial charge in [0.1, 0.15) is 5.65 Å². The van der Waals surface area contributed by atoms with Crippen LogP contribution in [-0.4, -0.2) is 42.5 Å². The maximum absolute atomic E-state index is 11.5. The highest BCUT2D eigenvalue weighted by Gasteiger charge is 2.16. The molecule has 20 heavy (non-hydrogen) atoms. The van der Waals surface area contributed by atoms with E-state index in [1.807, 2.05) is 36.3 Å². The number of rotatable bonds is 6. The van der Waals surface area contributed by atoms with Crippen LogP contribution in [0.2, 0.25) is 0 Å². The molecule has 0 unspecified atom stereocenters. The van der Waals surface area contributed by atoms with Crippen LogP contribution >= 0.6 is 0 Å². The first-order chi connectivity index (χ1) is 9.67. The highest BCUT2D eigenvalue weighted by Crippen LogP contribution is 2.20. The minimum absolute atomic E-state index is 0.0287. The summed E-state index contributed by atoms with van der Waals surface area (Å²) >= 11 is 0. The topological polar surface area (TPSA) is 61.7 Å². The second kappa shape index (κ2) is 6.38. The van der Waals surface area contributed by atoms with Gasteiger partial charge in [0.25, 0.3) is 0 Å². The molecule has 0 spiro atoms. The van der Waals surface area contributed by atoms with Gasteiger partial charge in [0.2, 0.25) is 5.91 Å². The fraction of sp³-hybridized carbons (Fsp3) is 0.429. The number of aromatic nitrogens is 2. The molecule has 0 atom stereocenters. The van der Waals surface area contributed by atoms with Crippen molar-refractivity contribution in [3.05, 3.63) is 30.1 Å². The first-order valence-electron chi connectivity index (χ1n) is 6.75. The Balaban J connectivity index is 2.37. The number of hydrogen-bond acceptors (Lipinski definition) is 4. The van der Waals surface area contributed by atoms with E-state index >= 15 is 0 Å². The van der Waals surface area contributed by atoms with E-state index in [1.54, 1.807) is 7.05 Å². The predicted molar refractivity (Wildman–Crippen MR) is 79.9 cm³/mol. The number of likely N-dealkylation sites (N-methyl/N-ethyl adjacent to an activating group) is 2. The number of hydrogen-bond donors (Lipinski definition) is 2. The third-order valence-electron chi connectivity index (χ3n) is 3.17. The van der Waals surface area contributed by atoms with Crippen molar-refractivity contribution in [1.82, 2.24) is 20.0 Å². The molecule has 0 radical (unpaired) electrons. The minimum atomic E-state index is -0.0287. The van der Waals surface area contributed by atoms with Gasteiger partial charge >= 0.3 is 0 Å². The summed E-state index contributed by atoms with van der Waals surface area (Å²) in [5.74, 6) is 0.805. The first kappa shape index (κ1) is 14.3. The van der Waals surface area contributed by atoms with E-state index in [9.17, 15) is 4.79 Å². The Morgan fingerprint density at radius 2 is 2.25 bits per heavy atom. The Hall–Kier alpha value is -2.08. The largest absolute Gasteiger partial charge is 0.358 e. The summed E-state index contributed by atoms with van der Waals surface area (Å²) in [5.41, 5.74) is 1.95. The molecule has 0 bridgehead atoms. The van der Waals surface area contributed by atoms with E-state index in [0.29, 0.717) is 6.54 Å². The van der Waals surface area contributed by atoms with Crippen molar-refractivity contribution in [3.63, 3.8) is 0 Å². The summed E-state index contributed by atoms with van der Waals surface area (Å²) in [7, 11) is 3.52. The second-order valence-corrected chi connectivity index (χ2v) is 4.62. The standard InChI is InChI=1S/C14H21N5O/c1-4-16-9-11-14(18(3)10-13(20)15-2)17-12-7-5-6-8-19(11)12/h5-8,16H,4,9-10H2,1-3H3,(H,15,20). The molecule has 6 heteroatoms. The lowest BCUT2D eigenvalue weighted by atomic mass is 10.3. The van der Waals surface area contributed by atoms with E-state index in [-0.39, 0.29) is 5.91 Å². The van der Waals surface area contributed by atoms with Gasteiger partial charge in [-0.3, -0.25) is 4.79 Å². The number of anilines is 1. The van der Waals surface area contributed by atoms with Crippen LogP contribution in [0.4, 0.5) is 5.82 Å². The summed E-state index contributed by atoms with van der Waals surface area (Å²) in [6.07, 6.45) is 1.99. The molecule has 2 heterocycles. The molecule has 0 saturated heterocycles. The van der Waals surface area contributed by atoms with Crippen LogP contribution in [0.5, 0.6) is 0 Å². The fourth-order valence-corrected chi connectivity index (χ4v) is 2.12. The Kier molecular flexibility index (Phi) is 4.57. The molecule has 0 aliphatic heterocycles. The van der Waals surface area contributed by atoms with Gasteiger partial charge in [-0.1, -0.05) is 13.0 Å². The Labute approximate surface area is 118 Å². The Bertz CT molecular complexity index is 592. The van der Waals surface area contributed by atoms with Crippen molar-refractivity contribution in [3.8, 4) is 0 Å². The molecule has 0 aliphatic carbocycles. The molecular weight excluding hydrogens is 254 g/mol. The van der Waals surface area contributed by atoms with Crippen molar-refractivity contribution >= 4 is 17.4 Å². The van der Waals surface area contributed by atoms with Crippen LogP contribution in [0, 0.1) is 0 Å². The average Bonchev–Trinajstić information content (AvgIpc) is 2.83. The van der Waals surface area contributed by atoms with Crippen LogP contribution in [0.25, 0.3) is 5.65 Å². The van der Waals surface area contributed by atoms with Crippen molar-refractivity contribution < 1.29 is 4.79 Å². The molecule has 0 aliphatic rings. The maximum Gasteiger partial charge on any atom is 0.239 e. The van der Waals surface area contributed by atoms with Crippen molar-refractivity contribution in [2.24, 2.45) is 0 Å². The first-order valence-corrected chi connectivity index (χ1v) is 6.75. The molecule has 0 fully saturated rings. The van der Waals surface area contributed by atoms with Crippen molar-refractivity contribution in [2.45, 2.75) is 13.5 Å². The number of amides is 1. The van der Waals surface area contributed by atoms with Gasteiger partial charge in [-0.15, -0.1) is 0 Å². The molecule has 6 nitrogen and oxygen atoms in total. The van der Waals surface area contributed by atoms with Gasteiger partial charge < -0.3 is 19.9 Å². The Morgan fingerprint density at radius 1 is 1.45 bits per heavy atom. The lowest BCUT2D eigenvalue weighted by molar-refractivity contribution is -0.119. The second-order valence-electron chi connectivity index (χ2n) is 4.62. The summed E-state index contributed by atoms with van der Waals surface area (Å²) in [6, 6.07) is 5.90. The van der Waals surface area contributed by atoms with E-state index in [4.69, 9.17) is 0 Å². The number of carbonyl (C=O) groups is 1. The lowest BCUT2D eigenvalue weighted by Gasteiger charge is -2.17. The lowest BCUT2D eigenvalue weighted by Crippen LogP contribution is -2.34. The van der Waals surface area contributed by atoms with Crippen LogP contribution in [0.15, 0.2) is 24.4 Å². The van der Waals surface area contributed by atoms with Gasteiger partial charge in [-0.2, -0.15) is 0 Å². The molecule has 0 saturated carbocycles. The van der Waals surface area contributed by atoms with Gasteiger partial charge in [0, 0.05) is 26.8 Å². The quantitative estimate of drug-likeness (QED) is 0.811. The molecule has 1 amide bonds. The summed E-state index contributed by atoms with van der Waals surface area (Å²) in [4.78, 5) is 18.0. The van der Waals surface area contributed by atoms with Crippen LogP contribution in [-0.2, 0) is 11.3 Å². The zero-order chi connectivity index (χ0) is 14.5. The van der Waals surface area contributed by atoms with Crippen molar-refractivity contribution in [2.75, 3.05) is 32.1 Å². The number of nitrogens with zero attached hydrogens (tertiary/aromatic N) is 3. The Morgan fingerprint density at radius 3 is 2.95 bits per heavy atom. The van der Waals surface area contributed by atoms with E-state index in [2.05, 4.69) is 26.9 Å². The van der Waals surface area contributed by atoms with Gasteiger partial charge in [-0.05, 0) is 18.7 Å². The zero-order valence-corrected chi connectivity index (χ0v) is 12.2. The van der Waals surface area contributed by atoms with Gasteiger partial charge in [-0.25, -0.2) is 4.98 Å². The molecular formula is C14H21N5O. The van der Waals surface area contributed by atoms with Crippen LogP contribution in [0.3, 0.4) is 0 Å². The molecule has 2 rings (SSSR count). The van der Waals surface area contributed by atoms with Gasteiger partial charge in [0.05, 0.1) is 12.2 Å². The van der Waals surface area contributed by atoms with Crippen LogP contribution < -0.4 is 15.5 Å². The van der Waals surface area contributed by atoms with Gasteiger partial charge in [0.15, 0.2) is 5.82 Å². The number of carbonyl (C=O) groups excluding carboxylic acids is 1. The molecule has 2 N–H and O–H groups in total. The monoisotopic (exact) mass is 275 g/mol. The molecule has 0 aromatic carbocycles. The highest BCUT2D eigenvalue weighted by molar-refractivity contribution is 5.81. The predicted octanol–water partition coefficient (Wildman–Crippen LogP) is 0.626. The molecule has 2 aromatic rings. The summed E-state index contributed by atoms with van der Waals surface area (Å²) < 4.78 is 2.05. The van der Waals surface area contributed by atoms with Crippen molar-refractivity contribution in [1.29, 1.82) is 0 Å². The van der Waals surface area contributed by atoms with E-state index < -0.39 is 0 Å². The summed E-state index contributed by atoms with van der Waals surface area (Å²) in [6.45, 7) is 3.96. The van der Waals surface area contributed by atoms with E-state index in [1.165, 1.54) is 0 Å². The molecule has 2 aromatic heterocycles. The summed E-state index contributed by atoms with van der Waals surface area (Å²) in [5, 5.41) is 5.95. The van der Waals surface area contributed by atoms with Crippen LogP contribution in [0.1, 0.15) is 12.6 Å². The molecule has 108 valence electrons. The number of imidazole rings is 1. The zero-order valence-electron chi connectivity index (χ0n) is 12.2. The average molecular weight is 275 g/mol. The fourth-order valence-electron chi connectivity index (χ4n) is 2.12. The third-order valence-corrected chi connectivity index (χ3v) is 3.17. The normalized spacial score (nSPS) is 10.8. The SMILES string of the molecule is CCNCc1c(N(C)CC(=O)NC)nc2ccccn12. The minimum Gasteiger partial charge on any atom is -0.358 e. The maximum atomic E-state index is 11.5. The number of nitrogens with one attached hydrogen (secondary N) is 2. The third kappa shape index (κ3) is 2.91. The number of fused-ring (bicyclic) bond motifs is 1.